The molecule has 82 valence electrons. The molecule has 2 rings (SSSR count). The summed E-state index contributed by atoms with van der Waals surface area (Å²) in [7, 11) is 3.39. The van der Waals surface area contributed by atoms with E-state index in [4.69, 9.17) is 9.47 Å². The maximum atomic E-state index is 5.41. The first-order valence-corrected chi connectivity index (χ1v) is 5.24. The second-order valence-electron chi connectivity index (χ2n) is 3.83. The van der Waals surface area contributed by atoms with E-state index < -0.39 is 0 Å². The highest BCUT2D eigenvalue weighted by molar-refractivity contribution is 5.49. The molecule has 0 saturated carbocycles. The second kappa shape index (κ2) is 4.11. The highest BCUT2D eigenvalue weighted by atomic mass is 16.5. The molecule has 3 nitrogen and oxygen atoms in total. The van der Waals surface area contributed by atoms with Gasteiger partial charge in [0.2, 0.25) is 0 Å². The molecule has 1 aromatic carbocycles. The van der Waals surface area contributed by atoms with E-state index >= 15 is 0 Å². The highest BCUT2D eigenvalue weighted by Gasteiger charge is 2.21. The van der Waals surface area contributed by atoms with Gasteiger partial charge in [0.1, 0.15) is 11.5 Å². The van der Waals surface area contributed by atoms with Crippen LogP contribution in [-0.4, -0.2) is 20.8 Å². The van der Waals surface area contributed by atoms with Crippen LogP contribution in [0, 0.1) is 0 Å². The van der Waals surface area contributed by atoms with Gasteiger partial charge in [-0.25, -0.2) is 0 Å². The van der Waals surface area contributed by atoms with E-state index in [1.807, 2.05) is 6.07 Å². The van der Waals surface area contributed by atoms with E-state index in [1.165, 1.54) is 11.1 Å². The van der Waals surface area contributed by atoms with Gasteiger partial charge in [0.25, 0.3) is 0 Å². The molecule has 1 heterocycles. The van der Waals surface area contributed by atoms with Crippen LogP contribution in [0.1, 0.15) is 24.1 Å². The zero-order chi connectivity index (χ0) is 10.8. The van der Waals surface area contributed by atoms with Crippen molar-refractivity contribution in [1.29, 1.82) is 0 Å². The second-order valence-corrected chi connectivity index (χ2v) is 3.83. The Bertz CT molecular complexity index is 346. The monoisotopic (exact) mass is 207 g/mol. The molecule has 0 amide bonds. The lowest BCUT2D eigenvalue weighted by Crippen LogP contribution is -2.28. The Hall–Kier alpha value is -1.22. The Morgan fingerprint density at radius 1 is 1.27 bits per heavy atom. The largest absolute Gasteiger partial charge is 0.497 e. The van der Waals surface area contributed by atoms with Gasteiger partial charge < -0.3 is 14.8 Å². The summed E-state index contributed by atoms with van der Waals surface area (Å²) >= 11 is 0. The number of benzene rings is 1. The molecule has 15 heavy (non-hydrogen) atoms. The Morgan fingerprint density at radius 2 is 2.07 bits per heavy atom. The Balaban J connectivity index is 2.52. The van der Waals surface area contributed by atoms with Gasteiger partial charge in [-0.05, 0) is 31.5 Å². The van der Waals surface area contributed by atoms with Gasteiger partial charge in [0.05, 0.1) is 14.2 Å². The minimum Gasteiger partial charge on any atom is -0.497 e. The van der Waals surface area contributed by atoms with Gasteiger partial charge in [0, 0.05) is 17.7 Å². The highest BCUT2D eigenvalue weighted by Crippen LogP contribution is 2.35. The molecule has 1 aliphatic rings. The fourth-order valence-electron chi connectivity index (χ4n) is 2.17. The van der Waals surface area contributed by atoms with Gasteiger partial charge in [0.15, 0.2) is 0 Å². The van der Waals surface area contributed by atoms with Gasteiger partial charge >= 0.3 is 0 Å². The molecule has 0 bridgehead atoms. The molecule has 0 radical (unpaired) electrons. The molecule has 1 aromatic rings. The third kappa shape index (κ3) is 1.79. The molecule has 0 fully saturated rings. The van der Waals surface area contributed by atoms with Crippen LogP contribution >= 0.6 is 0 Å². The van der Waals surface area contributed by atoms with Gasteiger partial charge in [-0.3, -0.25) is 0 Å². The minimum absolute atomic E-state index is 0.356. The van der Waals surface area contributed by atoms with Crippen LogP contribution in [0.25, 0.3) is 0 Å². The first-order valence-electron chi connectivity index (χ1n) is 5.24. The summed E-state index contributed by atoms with van der Waals surface area (Å²) in [4.78, 5) is 0. The van der Waals surface area contributed by atoms with Crippen molar-refractivity contribution in [3.8, 4) is 11.5 Å². The molecule has 0 aromatic heterocycles. The average Bonchev–Trinajstić information content (AvgIpc) is 2.27. The summed E-state index contributed by atoms with van der Waals surface area (Å²) in [5.41, 5.74) is 2.60. The average molecular weight is 207 g/mol. The maximum Gasteiger partial charge on any atom is 0.127 e. The molecular weight excluding hydrogens is 190 g/mol. The number of fused-ring (bicyclic) bond motifs is 1. The van der Waals surface area contributed by atoms with E-state index in [0.717, 1.165) is 24.5 Å². The van der Waals surface area contributed by atoms with Crippen molar-refractivity contribution in [3.63, 3.8) is 0 Å². The standard InChI is InChI=1S/C12H17NO2/c1-8-12-9(4-5-13-8)6-10(14-2)7-11(12)15-3/h6-8,13H,4-5H2,1-3H3/t8-/m0/s1. The maximum absolute atomic E-state index is 5.41. The van der Waals surface area contributed by atoms with Crippen molar-refractivity contribution in [2.45, 2.75) is 19.4 Å². The Labute approximate surface area is 90.4 Å². The predicted octanol–water partition coefficient (Wildman–Crippen LogP) is 1.91. The quantitative estimate of drug-likeness (QED) is 0.803. The molecule has 0 spiro atoms. The predicted molar refractivity (Wildman–Crippen MR) is 59.7 cm³/mol. The van der Waals surface area contributed by atoms with Crippen LogP contribution in [0.15, 0.2) is 12.1 Å². The molecule has 3 heteroatoms. The number of methoxy groups -OCH3 is 2. The van der Waals surface area contributed by atoms with Crippen molar-refractivity contribution >= 4 is 0 Å². The van der Waals surface area contributed by atoms with E-state index in [0.29, 0.717) is 6.04 Å². The minimum atomic E-state index is 0.356. The third-order valence-corrected chi connectivity index (χ3v) is 2.93. The topological polar surface area (TPSA) is 30.5 Å². The number of ether oxygens (including phenoxy) is 2. The van der Waals surface area contributed by atoms with Crippen LogP contribution in [-0.2, 0) is 6.42 Å². The summed E-state index contributed by atoms with van der Waals surface area (Å²) in [5, 5.41) is 3.43. The lowest BCUT2D eigenvalue weighted by molar-refractivity contribution is 0.380. The van der Waals surface area contributed by atoms with E-state index in [-0.39, 0.29) is 0 Å². The molecule has 0 aliphatic carbocycles. The summed E-state index contributed by atoms with van der Waals surface area (Å²) in [6.45, 7) is 3.18. The van der Waals surface area contributed by atoms with Gasteiger partial charge in [-0.1, -0.05) is 0 Å². The normalized spacial score (nSPS) is 19.5. The van der Waals surface area contributed by atoms with E-state index in [1.54, 1.807) is 14.2 Å². The number of hydrogen-bond acceptors (Lipinski definition) is 3. The number of nitrogens with one attached hydrogen (secondary N) is 1. The van der Waals surface area contributed by atoms with Crippen LogP contribution in [0.3, 0.4) is 0 Å². The van der Waals surface area contributed by atoms with Crippen LogP contribution < -0.4 is 14.8 Å². The zero-order valence-electron chi connectivity index (χ0n) is 9.46. The molecule has 1 atom stereocenters. The Kier molecular flexibility index (Phi) is 2.82. The van der Waals surface area contributed by atoms with Crippen molar-refractivity contribution in [1.82, 2.24) is 5.32 Å². The van der Waals surface area contributed by atoms with Crippen LogP contribution in [0.2, 0.25) is 0 Å². The lowest BCUT2D eigenvalue weighted by Gasteiger charge is -2.26. The summed E-state index contributed by atoms with van der Waals surface area (Å²) in [6.07, 6.45) is 1.03. The van der Waals surface area contributed by atoms with Crippen molar-refractivity contribution in [2.75, 3.05) is 20.8 Å². The molecular formula is C12H17NO2. The van der Waals surface area contributed by atoms with Gasteiger partial charge in [-0.15, -0.1) is 0 Å². The van der Waals surface area contributed by atoms with Gasteiger partial charge in [-0.2, -0.15) is 0 Å². The first-order chi connectivity index (χ1) is 7.26. The zero-order valence-corrected chi connectivity index (χ0v) is 9.46. The van der Waals surface area contributed by atoms with Crippen LogP contribution in [0.5, 0.6) is 11.5 Å². The van der Waals surface area contributed by atoms with E-state index in [9.17, 15) is 0 Å². The molecule has 1 N–H and O–H groups in total. The third-order valence-electron chi connectivity index (χ3n) is 2.93. The number of hydrogen-bond donors (Lipinski definition) is 1. The smallest absolute Gasteiger partial charge is 0.127 e. The number of rotatable bonds is 2. The van der Waals surface area contributed by atoms with E-state index in [2.05, 4.69) is 18.3 Å². The van der Waals surface area contributed by atoms with Crippen LogP contribution in [0.4, 0.5) is 0 Å². The van der Waals surface area contributed by atoms with Crippen molar-refractivity contribution in [2.24, 2.45) is 0 Å². The summed E-state index contributed by atoms with van der Waals surface area (Å²) < 4.78 is 10.7. The molecule has 0 saturated heterocycles. The SMILES string of the molecule is COc1cc2c(c(OC)c1)[C@H](C)NCC2. The fourth-order valence-corrected chi connectivity index (χ4v) is 2.17. The Morgan fingerprint density at radius 3 is 2.73 bits per heavy atom. The summed E-state index contributed by atoms with van der Waals surface area (Å²) in [5.74, 6) is 1.80. The van der Waals surface area contributed by atoms with Crippen molar-refractivity contribution in [3.05, 3.63) is 23.3 Å². The first kappa shape index (κ1) is 10.3. The molecule has 0 unspecified atom stereocenters. The lowest BCUT2D eigenvalue weighted by atomic mass is 9.94. The summed E-state index contributed by atoms with van der Waals surface area (Å²) in [6, 6.07) is 4.41. The van der Waals surface area contributed by atoms with Crippen molar-refractivity contribution < 1.29 is 9.47 Å². The fraction of sp³-hybridized carbons (Fsp3) is 0.500. The molecule has 1 aliphatic heterocycles.